The minimum atomic E-state index is -4.53. The van der Waals surface area contributed by atoms with Crippen molar-refractivity contribution >= 4 is 22.4 Å². The van der Waals surface area contributed by atoms with Gasteiger partial charge in [0.25, 0.3) is 0 Å². The molecule has 1 aromatic carbocycles. The Morgan fingerprint density at radius 3 is 2.25 bits per heavy atom. The molecular formula is C9H8O6S. The zero-order valence-corrected chi connectivity index (χ0v) is 8.72. The van der Waals surface area contributed by atoms with E-state index in [9.17, 15) is 13.2 Å². The van der Waals surface area contributed by atoms with Gasteiger partial charge in [-0.15, -0.1) is 0 Å². The lowest BCUT2D eigenvalue weighted by molar-refractivity contribution is -0.131. The van der Waals surface area contributed by atoms with Crippen molar-refractivity contribution in [3.8, 4) is 5.75 Å². The second-order valence-electron chi connectivity index (χ2n) is 2.75. The van der Waals surface area contributed by atoms with Gasteiger partial charge in [0.2, 0.25) is 0 Å². The quantitative estimate of drug-likeness (QED) is 0.604. The van der Waals surface area contributed by atoms with Crippen molar-refractivity contribution in [1.82, 2.24) is 0 Å². The molecule has 0 atom stereocenters. The highest BCUT2D eigenvalue weighted by Crippen LogP contribution is 2.14. The Balaban J connectivity index is 2.79. The molecule has 0 bridgehead atoms. The number of rotatable bonds is 4. The zero-order valence-electron chi connectivity index (χ0n) is 7.90. The normalized spacial score (nSPS) is 11.6. The van der Waals surface area contributed by atoms with Crippen molar-refractivity contribution in [3.63, 3.8) is 0 Å². The molecule has 0 radical (unpaired) electrons. The minimum Gasteiger partial charge on any atom is -0.478 e. The molecule has 2 N–H and O–H groups in total. The van der Waals surface area contributed by atoms with Crippen LogP contribution in [0.4, 0.5) is 0 Å². The van der Waals surface area contributed by atoms with Gasteiger partial charge >= 0.3 is 16.4 Å². The highest BCUT2D eigenvalue weighted by Gasteiger charge is 2.05. The third-order valence-corrected chi connectivity index (χ3v) is 1.90. The summed E-state index contributed by atoms with van der Waals surface area (Å²) in [7, 11) is -4.53. The lowest BCUT2D eigenvalue weighted by Gasteiger charge is -2.00. The van der Waals surface area contributed by atoms with Gasteiger partial charge in [-0.1, -0.05) is 12.1 Å². The van der Waals surface area contributed by atoms with Crippen molar-refractivity contribution in [2.75, 3.05) is 0 Å². The maximum Gasteiger partial charge on any atom is 0.446 e. The highest BCUT2D eigenvalue weighted by atomic mass is 32.3. The fraction of sp³-hybridized carbons (Fsp3) is 0. The molecule has 0 saturated carbocycles. The standard InChI is InChI=1S/C9H8O6S/c10-9(11)6-3-7-1-4-8(5-2-7)15-16(12,13)14/h1-6H,(H,10,11)(H,12,13,14)/b6-3+. The summed E-state index contributed by atoms with van der Waals surface area (Å²) in [6.45, 7) is 0. The summed E-state index contributed by atoms with van der Waals surface area (Å²) < 4.78 is 33.2. The van der Waals surface area contributed by atoms with Crippen LogP contribution in [0.15, 0.2) is 30.3 Å². The third kappa shape index (κ3) is 4.58. The predicted molar refractivity (Wildman–Crippen MR) is 55.3 cm³/mol. The smallest absolute Gasteiger partial charge is 0.446 e. The first-order chi connectivity index (χ1) is 7.37. The topological polar surface area (TPSA) is 101 Å². The van der Waals surface area contributed by atoms with Crippen molar-refractivity contribution in [3.05, 3.63) is 35.9 Å². The average Bonchev–Trinajstić information content (AvgIpc) is 2.14. The van der Waals surface area contributed by atoms with E-state index in [1.165, 1.54) is 30.3 Å². The van der Waals surface area contributed by atoms with Gasteiger partial charge in [-0.2, -0.15) is 8.42 Å². The van der Waals surface area contributed by atoms with Crippen LogP contribution in [0.1, 0.15) is 5.56 Å². The van der Waals surface area contributed by atoms with Crippen LogP contribution in [0.2, 0.25) is 0 Å². The number of carboxylic acid groups (broad SMARTS) is 1. The Morgan fingerprint density at radius 1 is 1.25 bits per heavy atom. The van der Waals surface area contributed by atoms with Gasteiger partial charge < -0.3 is 9.29 Å². The molecule has 16 heavy (non-hydrogen) atoms. The molecular weight excluding hydrogens is 236 g/mol. The Morgan fingerprint density at radius 2 is 1.81 bits per heavy atom. The monoisotopic (exact) mass is 244 g/mol. The fourth-order valence-corrected chi connectivity index (χ4v) is 1.28. The van der Waals surface area contributed by atoms with Crippen LogP contribution < -0.4 is 4.18 Å². The molecule has 1 rings (SSSR count). The van der Waals surface area contributed by atoms with Gasteiger partial charge in [0.05, 0.1) is 0 Å². The molecule has 0 fully saturated rings. The number of aliphatic carboxylic acids is 1. The van der Waals surface area contributed by atoms with E-state index in [1.807, 2.05) is 0 Å². The molecule has 0 spiro atoms. The first kappa shape index (κ1) is 12.2. The summed E-state index contributed by atoms with van der Waals surface area (Å²) in [6, 6.07) is 5.46. The second-order valence-corrected chi connectivity index (χ2v) is 3.77. The van der Waals surface area contributed by atoms with Gasteiger partial charge in [0, 0.05) is 6.08 Å². The average molecular weight is 244 g/mol. The summed E-state index contributed by atoms with van der Waals surface area (Å²) in [4.78, 5) is 10.2. The van der Waals surface area contributed by atoms with Gasteiger partial charge in [-0.3, -0.25) is 4.55 Å². The van der Waals surface area contributed by atoms with Gasteiger partial charge in [-0.25, -0.2) is 4.79 Å². The SMILES string of the molecule is O=C(O)/C=C/c1ccc(OS(=O)(=O)O)cc1. The van der Waals surface area contributed by atoms with Crippen molar-refractivity contribution < 1.29 is 27.1 Å². The predicted octanol–water partition coefficient (Wildman–Crippen LogP) is 0.966. The van der Waals surface area contributed by atoms with Crippen molar-refractivity contribution in [2.45, 2.75) is 0 Å². The molecule has 0 aliphatic heterocycles. The first-order valence-electron chi connectivity index (χ1n) is 4.05. The molecule has 1 aromatic rings. The van der Waals surface area contributed by atoms with E-state index in [2.05, 4.69) is 4.18 Å². The molecule has 0 heterocycles. The molecule has 0 aromatic heterocycles. The molecule has 0 unspecified atom stereocenters. The number of carboxylic acids is 1. The van der Waals surface area contributed by atoms with Crippen LogP contribution in [0, 0.1) is 0 Å². The Labute approximate surface area is 91.7 Å². The molecule has 0 amide bonds. The van der Waals surface area contributed by atoms with E-state index in [0.717, 1.165) is 6.08 Å². The van der Waals surface area contributed by atoms with E-state index in [-0.39, 0.29) is 5.75 Å². The molecule has 7 heteroatoms. The summed E-state index contributed by atoms with van der Waals surface area (Å²) in [6.07, 6.45) is 2.28. The van der Waals surface area contributed by atoms with Crippen LogP contribution in [0.25, 0.3) is 6.08 Å². The molecule has 0 saturated heterocycles. The largest absolute Gasteiger partial charge is 0.478 e. The van der Waals surface area contributed by atoms with E-state index >= 15 is 0 Å². The Bertz CT molecular complexity index is 499. The third-order valence-electron chi connectivity index (χ3n) is 1.50. The summed E-state index contributed by atoms with van der Waals surface area (Å²) in [5.74, 6) is -1.15. The van der Waals surface area contributed by atoms with E-state index < -0.39 is 16.4 Å². The summed E-state index contributed by atoms with van der Waals surface area (Å²) in [5, 5.41) is 8.36. The van der Waals surface area contributed by atoms with Crippen LogP contribution >= 0.6 is 0 Å². The number of carbonyl (C=O) groups is 1. The summed E-state index contributed by atoms with van der Waals surface area (Å²) in [5.41, 5.74) is 0.560. The molecule has 86 valence electrons. The second kappa shape index (κ2) is 4.77. The van der Waals surface area contributed by atoms with Gasteiger partial charge in [-0.05, 0) is 23.8 Å². The van der Waals surface area contributed by atoms with Crippen molar-refractivity contribution in [2.24, 2.45) is 0 Å². The molecule has 0 aliphatic rings. The van der Waals surface area contributed by atoms with Crippen LogP contribution in [-0.2, 0) is 15.2 Å². The maximum atomic E-state index is 10.3. The minimum absolute atomic E-state index is 0.0602. The fourth-order valence-electron chi connectivity index (χ4n) is 0.924. The maximum absolute atomic E-state index is 10.3. The van der Waals surface area contributed by atoms with Crippen LogP contribution in [0.3, 0.4) is 0 Å². The Kier molecular flexibility index (Phi) is 3.64. The van der Waals surface area contributed by atoms with Crippen molar-refractivity contribution in [1.29, 1.82) is 0 Å². The highest BCUT2D eigenvalue weighted by molar-refractivity contribution is 7.81. The number of hydrogen-bond donors (Lipinski definition) is 2. The number of benzene rings is 1. The lowest BCUT2D eigenvalue weighted by atomic mass is 10.2. The van der Waals surface area contributed by atoms with E-state index in [4.69, 9.17) is 9.66 Å². The first-order valence-corrected chi connectivity index (χ1v) is 5.41. The lowest BCUT2D eigenvalue weighted by Crippen LogP contribution is -2.06. The van der Waals surface area contributed by atoms with Gasteiger partial charge in [0.1, 0.15) is 5.75 Å². The van der Waals surface area contributed by atoms with Crippen LogP contribution in [-0.4, -0.2) is 24.0 Å². The van der Waals surface area contributed by atoms with E-state index in [0.29, 0.717) is 5.56 Å². The summed E-state index contributed by atoms with van der Waals surface area (Å²) >= 11 is 0. The zero-order chi connectivity index (χ0) is 12.2. The van der Waals surface area contributed by atoms with E-state index in [1.54, 1.807) is 0 Å². The number of hydrogen-bond acceptors (Lipinski definition) is 4. The molecule has 6 nitrogen and oxygen atoms in total. The Hall–Kier alpha value is -1.86. The van der Waals surface area contributed by atoms with Crippen LogP contribution in [0.5, 0.6) is 5.75 Å². The molecule has 0 aliphatic carbocycles. The van der Waals surface area contributed by atoms with Gasteiger partial charge in [0.15, 0.2) is 0 Å².